The summed E-state index contributed by atoms with van der Waals surface area (Å²) < 4.78 is 1.14. The summed E-state index contributed by atoms with van der Waals surface area (Å²) in [5.41, 5.74) is 0. The van der Waals surface area contributed by atoms with Crippen LogP contribution in [0, 0.1) is 5.92 Å². The van der Waals surface area contributed by atoms with E-state index in [4.69, 9.17) is 0 Å². The molecule has 2 rings (SSSR count). The van der Waals surface area contributed by atoms with Crippen molar-refractivity contribution in [1.82, 2.24) is 4.90 Å². The van der Waals surface area contributed by atoms with Crippen LogP contribution in [0.4, 0.5) is 0 Å². The number of carbonyl (C=O) groups is 1. The van der Waals surface area contributed by atoms with Crippen LogP contribution in [0.2, 0.25) is 0 Å². The summed E-state index contributed by atoms with van der Waals surface area (Å²) >= 11 is 5.18. The summed E-state index contributed by atoms with van der Waals surface area (Å²) in [5.74, 6) is 1.06. The van der Waals surface area contributed by atoms with Crippen molar-refractivity contribution >= 4 is 33.2 Å². The van der Waals surface area contributed by atoms with E-state index in [1.165, 1.54) is 11.3 Å². The number of halogens is 1. The molecule has 1 atom stereocenters. The molecule has 0 N–H and O–H groups in total. The Hall–Kier alpha value is -0.350. The summed E-state index contributed by atoms with van der Waals surface area (Å²) in [7, 11) is 0. The van der Waals surface area contributed by atoms with Gasteiger partial charge in [-0.05, 0) is 46.8 Å². The van der Waals surface area contributed by atoms with Crippen LogP contribution in [0.3, 0.4) is 0 Å². The highest BCUT2D eigenvalue weighted by molar-refractivity contribution is 9.11. The smallest absolute Gasteiger partial charge is 0.222 e. The molecule has 1 aromatic rings. The number of hydrogen-bond donors (Lipinski definition) is 0. The highest BCUT2D eigenvalue weighted by Gasteiger charge is 2.21. The average Bonchev–Trinajstić information content (AvgIpc) is 2.64. The van der Waals surface area contributed by atoms with Crippen molar-refractivity contribution in [2.45, 2.75) is 39.2 Å². The number of likely N-dealkylation sites (tertiary alicyclic amines) is 1. The number of thiophene rings is 1. The highest BCUT2D eigenvalue weighted by atomic mass is 79.9. The van der Waals surface area contributed by atoms with Gasteiger partial charge < -0.3 is 4.90 Å². The Bertz CT molecular complexity index is 391. The average molecular weight is 316 g/mol. The van der Waals surface area contributed by atoms with Gasteiger partial charge in [-0.1, -0.05) is 13.3 Å². The van der Waals surface area contributed by atoms with Gasteiger partial charge in [0, 0.05) is 17.8 Å². The summed E-state index contributed by atoms with van der Waals surface area (Å²) in [6.07, 6.45) is 4.16. The van der Waals surface area contributed by atoms with Crippen molar-refractivity contribution in [1.29, 1.82) is 0 Å². The van der Waals surface area contributed by atoms with Crippen LogP contribution in [0.5, 0.6) is 0 Å². The molecule has 2 heterocycles. The third kappa shape index (κ3) is 3.55. The largest absolute Gasteiger partial charge is 0.338 e. The van der Waals surface area contributed by atoms with Gasteiger partial charge in [0.1, 0.15) is 0 Å². The standard InChI is InChI=1S/C13H18BrNOS/c1-2-10-3-6-13(16)15(8-7-10)9-11-4-5-12(14)17-11/h4-5,10H,2-3,6-9H2,1H3. The first-order valence-electron chi connectivity index (χ1n) is 6.21. The summed E-state index contributed by atoms with van der Waals surface area (Å²) in [6.45, 7) is 3.93. The number of carbonyl (C=O) groups excluding carboxylic acids is 1. The molecule has 0 aromatic carbocycles. The lowest BCUT2D eigenvalue weighted by molar-refractivity contribution is -0.131. The predicted octanol–water partition coefficient (Wildman–Crippen LogP) is 4.05. The molecule has 94 valence electrons. The Morgan fingerprint density at radius 2 is 2.29 bits per heavy atom. The lowest BCUT2D eigenvalue weighted by Crippen LogP contribution is -2.29. The molecule has 17 heavy (non-hydrogen) atoms. The Morgan fingerprint density at radius 1 is 1.47 bits per heavy atom. The second-order valence-corrected chi connectivity index (χ2v) is 7.17. The van der Waals surface area contributed by atoms with Crippen LogP contribution in [0.15, 0.2) is 15.9 Å². The van der Waals surface area contributed by atoms with Gasteiger partial charge in [0.25, 0.3) is 0 Å². The normalized spacial score (nSPS) is 21.6. The van der Waals surface area contributed by atoms with E-state index in [-0.39, 0.29) is 0 Å². The molecular formula is C13H18BrNOS. The molecule has 1 aromatic heterocycles. The fraction of sp³-hybridized carbons (Fsp3) is 0.615. The van der Waals surface area contributed by atoms with Crippen molar-refractivity contribution in [2.24, 2.45) is 5.92 Å². The van der Waals surface area contributed by atoms with E-state index in [0.29, 0.717) is 5.91 Å². The van der Waals surface area contributed by atoms with Crippen molar-refractivity contribution in [3.8, 4) is 0 Å². The van der Waals surface area contributed by atoms with Gasteiger partial charge in [-0.15, -0.1) is 11.3 Å². The van der Waals surface area contributed by atoms with E-state index in [0.717, 1.165) is 42.1 Å². The van der Waals surface area contributed by atoms with Gasteiger partial charge in [0.2, 0.25) is 5.91 Å². The topological polar surface area (TPSA) is 20.3 Å². The molecule has 0 radical (unpaired) electrons. The van der Waals surface area contributed by atoms with Gasteiger partial charge in [-0.25, -0.2) is 0 Å². The molecule has 1 fully saturated rings. The predicted molar refractivity (Wildman–Crippen MR) is 75.1 cm³/mol. The molecule has 2 nitrogen and oxygen atoms in total. The molecular weight excluding hydrogens is 298 g/mol. The van der Waals surface area contributed by atoms with Crippen LogP contribution in [-0.2, 0) is 11.3 Å². The van der Waals surface area contributed by atoms with E-state index < -0.39 is 0 Å². The maximum Gasteiger partial charge on any atom is 0.222 e. The molecule has 1 amide bonds. The molecule has 1 aliphatic rings. The molecule has 0 aliphatic carbocycles. The van der Waals surface area contributed by atoms with Crippen molar-refractivity contribution in [2.75, 3.05) is 6.54 Å². The fourth-order valence-electron chi connectivity index (χ4n) is 2.29. The number of rotatable bonds is 3. The first-order valence-corrected chi connectivity index (χ1v) is 7.82. The quantitative estimate of drug-likeness (QED) is 0.824. The lowest BCUT2D eigenvalue weighted by Gasteiger charge is -2.19. The number of amides is 1. The second kappa shape index (κ2) is 6.01. The maximum atomic E-state index is 12.0. The van der Waals surface area contributed by atoms with Crippen molar-refractivity contribution in [3.63, 3.8) is 0 Å². The zero-order chi connectivity index (χ0) is 12.3. The van der Waals surface area contributed by atoms with Crippen molar-refractivity contribution in [3.05, 3.63) is 20.8 Å². The molecule has 0 spiro atoms. The van der Waals surface area contributed by atoms with Gasteiger partial charge in [-0.2, -0.15) is 0 Å². The minimum Gasteiger partial charge on any atom is -0.338 e. The molecule has 4 heteroatoms. The third-order valence-electron chi connectivity index (χ3n) is 3.48. The first-order chi connectivity index (χ1) is 8.19. The minimum atomic E-state index is 0.325. The minimum absolute atomic E-state index is 0.325. The van der Waals surface area contributed by atoms with Gasteiger partial charge in [0.15, 0.2) is 0 Å². The Morgan fingerprint density at radius 3 is 2.94 bits per heavy atom. The summed E-state index contributed by atoms with van der Waals surface area (Å²) in [5, 5.41) is 0. The maximum absolute atomic E-state index is 12.0. The van der Waals surface area contributed by atoms with Gasteiger partial charge in [0.05, 0.1) is 10.3 Å². The highest BCUT2D eigenvalue weighted by Crippen LogP contribution is 2.26. The van der Waals surface area contributed by atoms with Crippen molar-refractivity contribution < 1.29 is 4.79 Å². The van der Waals surface area contributed by atoms with Crippen LogP contribution in [0.1, 0.15) is 37.5 Å². The van der Waals surface area contributed by atoms with E-state index in [9.17, 15) is 4.79 Å². The van der Waals surface area contributed by atoms with E-state index in [2.05, 4.69) is 35.0 Å². The number of nitrogens with zero attached hydrogens (tertiary/aromatic N) is 1. The summed E-state index contributed by atoms with van der Waals surface area (Å²) in [4.78, 5) is 15.3. The lowest BCUT2D eigenvalue weighted by atomic mass is 9.98. The van der Waals surface area contributed by atoms with Crippen LogP contribution < -0.4 is 0 Å². The van der Waals surface area contributed by atoms with E-state index in [1.807, 2.05) is 4.90 Å². The SMILES string of the molecule is CCC1CCC(=O)N(Cc2ccc(Br)s2)CC1. The van der Waals surface area contributed by atoms with Gasteiger partial charge >= 0.3 is 0 Å². The molecule has 0 bridgehead atoms. The van der Waals surface area contributed by atoms with Gasteiger partial charge in [-0.3, -0.25) is 4.79 Å². The monoisotopic (exact) mass is 315 g/mol. The number of hydrogen-bond acceptors (Lipinski definition) is 2. The summed E-state index contributed by atoms with van der Waals surface area (Å²) in [6, 6.07) is 4.15. The van der Waals surface area contributed by atoms with Crippen LogP contribution in [0.25, 0.3) is 0 Å². The molecule has 1 saturated heterocycles. The Labute approximate surface area is 115 Å². The molecule has 1 unspecified atom stereocenters. The van der Waals surface area contributed by atoms with Crippen LogP contribution >= 0.6 is 27.3 Å². The molecule has 0 saturated carbocycles. The second-order valence-electron chi connectivity index (χ2n) is 4.62. The van der Waals surface area contributed by atoms with E-state index in [1.54, 1.807) is 11.3 Å². The molecule has 1 aliphatic heterocycles. The van der Waals surface area contributed by atoms with E-state index >= 15 is 0 Å². The Balaban J connectivity index is 1.97. The third-order valence-corrected chi connectivity index (χ3v) is 5.09. The van der Waals surface area contributed by atoms with Crippen LogP contribution in [-0.4, -0.2) is 17.4 Å². The first kappa shape index (κ1) is 13.1. The zero-order valence-electron chi connectivity index (χ0n) is 10.1. The fourth-order valence-corrected chi connectivity index (χ4v) is 3.79. The zero-order valence-corrected chi connectivity index (χ0v) is 12.5. The Kier molecular flexibility index (Phi) is 4.62.